The van der Waals surface area contributed by atoms with Crippen molar-refractivity contribution in [2.45, 2.75) is 40.3 Å². The molecule has 0 unspecified atom stereocenters. The summed E-state index contributed by atoms with van der Waals surface area (Å²) in [6.07, 6.45) is 4.43. The summed E-state index contributed by atoms with van der Waals surface area (Å²) in [6, 6.07) is 0. The van der Waals surface area contributed by atoms with Gasteiger partial charge in [0.2, 0.25) is 5.91 Å². The maximum atomic E-state index is 11.6. The Bertz CT molecular complexity index is 381. The van der Waals surface area contributed by atoms with Crippen LogP contribution in [-0.2, 0) is 17.9 Å². The van der Waals surface area contributed by atoms with E-state index in [0.717, 1.165) is 24.4 Å². The van der Waals surface area contributed by atoms with E-state index in [1.807, 2.05) is 31.4 Å². The standard InChI is InChI=1S/C11H18N4O/c1-4-6-9(3)11(16)12-7-10-14-13-8-15(10)5-2/h6,8H,4-5,7H2,1-3H3,(H,12,16)/b9-6-. The van der Waals surface area contributed by atoms with E-state index < -0.39 is 0 Å². The summed E-state index contributed by atoms with van der Waals surface area (Å²) in [4.78, 5) is 11.6. The van der Waals surface area contributed by atoms with Crippen molar-refractivity contribution in [3.8, 4) is 0 Å². The molecule has 1 aromatic heterocycles. The van der Waals surface area contributed by atoms with Crippen molar-refractivity contribution >= 4 is 5.91 Å². The van der Waals surface area contributed by atoms with Gasteiger partial charge in [0, 0.05) is 12.1 Å². The minimum Gasteiger partial charge on any atom is -0.345 e. The fourth-order valence-electron chi connectivity index (χ4n) is 1.38. The van der Waals surface area contributed by atoms with Gasteiger partial charge in [-0.2, -0.15) is 0 Å². The monoisotopic (exact) mass is 222 g/mol. The fraction of sp³-hybridized carbons (Fsp3) is 0.545. The van der Waals surface area contributed by atoms with Gasteiger partial charge in [0.25, 0.3) is 0 Å². The lowest BCUT2D eigenvalue weighted by atomic mass is 10.2. The summed E-state index contributed by atoms with van der Waals surface area (Å²) >= 11 is 0. The van der Waals surface area contributed by atoms with Crippen molar-refractivity contribution in [2.24, 2.45) is 0 Å². The zero-order chi connectivity index (χ0) is 12.0. The second-order valence-corrected chi connectivity index (χ2v) is 3.51. The molecule has 0 aliphatic carbocycles. The highest BCUT2D eigenvalue weighted by Gasteiger charge is 2.06. The first-order chi connectivity index (χ1) is 7.69. The van der Waals surface area contributed by atoms with Gasteiger partial charge in [-0.3, -0.25) is 4.79 Å². The molecule has 0 aliphatic rings. The van der Waals surface area contributed by atoms with Crippen molar-refractivity contribution in [1.29, 1.82) is 0 Å². The van der Waals surface area contributed by atoms with Crippen LogP contribution >= 0.6 is 0 Å². The highest BCUT2D eigenvalue weighted by atomic mass is 16.1. The first-order valence-corrected chi connectivity index (χ1v) is 5.50. The topological polar surface area (TPSA) is 59.8 Å². The van der Waals surface area contributed by atoms with Gasteiger partial charge in [0.15, 0.2) is 5.82 Å². The van der Waals surface area contributed by atoms with Gasteiger partial charge in [0.05, 0.1) is 6.54 Å². The maximum Gasteiger partial charge on any atom is 0.246 e. The number of rotatable bonds is 5. The van der Waals surface area contributed by atoms with E-state index in [1.165, 1.54) is 0 Å². The minimum atomic E-state index is -0.0486. The van der Waals surface area contributed by atoms with E-state index in [9.17, 15) is 4.79 Å². The second kappa shape index (κ2) is 6.05. The second-order valence-electron chi connectivity index (χ2n) is 3.51. The molecule has 0 atom stereocenters. The lowest BCUT2D eigenvalue weighted by Gasteiger charge is -2.05. The Hall–Kier alpha value is -1.65. The number of carbonyl (C=O) groups excluding carboxylic acids is 1. The van der Waals surface area contributed by atoms with Crippen LogP contribution in [0.4, 0.5) is 0 Å². The Balaban J connectivity index is 2.52. The molecule has 1 rings (SSSR count). The normalized spacial score (nSPS) is 11.6. The average molecular weight is 222 g/mol. The Morgan fingerprint density at radius 1 is 1.56 bits per heavy atom. The number of carbonyl (C=O) groups is 1. The molecule has 1 amide bonds. The summed E-state index contributed by atoms with van der Waals surface area (Å²) in [5.74, 6) is 0.729. The molecule has 16 heavy (non-hydrogen) atoms. The average Bonchev–Trinajstić information content (AvgIpc) is 2.73. The molecule has 1 aromatic rings. The number of amides is 1. The first-order valence-electron chi connectivity index (χ1n) is 5.50. The van der Waals surface area contributed by atoms with Gasteiger partial charge in [-0.15, -0.1) is 10.2 Å². The Kier molecular flexibility index (Phi) is 4.69. The zero-order valence-electron chi connectivity index (χ0n) is 10.0. The van der Waals surface area contributed by atoms with Crippen molar-refractivity contribution in [3.05, 3.63) is 23.8 Å². The molecule has 1 N–H and O–H groups in total. The van der Waals surface area contributed by atoms with Gasteiger partial charge in [-0.25, -0.2) is 0 Å². The lowest BCUT2D eigenvalue weighted by Crippen LogP contribution is -2.25. The molecule has 5 nitrogen and oxygen atoms in total. The summed E-state index contributed by atoms with van der Waals surface area (Å²) in [7, 11) is 0. The van der Waals surface area contributed by atoms with Crippen molar-refractivity contribution < 1.29 is 4.79 Å². The smallest absolute Gasteiger partial charge is 0.246 e. The molecule has 0 radical (unpaired) electrons. The number of nitrogens with one attached hydrogen (secondary N) is 1. The van der Waals surface area contributed by atoms with Gasteiger partial charge in [-0.1, -0.05) is 13.0 Å². The molecule has 0 aromatic carbocycles. The number of allylic oxidation sites excluding steroid dienone is 1. The number of aromatic nitrogens is 3. The van der Waals surface area contributed by atoms with Crippen LogP contribution in [0, 0.1) is 0 Å². The Morgan fingerprint density at radius 2 is 2.31 bits per heavy atom. The molecule has 1 heterocycles. The predicted molar refractivity (Wildman–Crippen MR) is 61.6 cm³/mol. The van der Waals surface area contributed by atoms with Gasteiger partial charge in [-0.05, 0) is 20.3 Å². The van der Waals surface area contributed by atoms with Gasteiger partial charge in [0.1, 0.15) is 6.33 Å². The van der Waals surface area contributed by atoms with Crippen LogP contribution in [0.5, 0.6) is 0 Å². The molecule has 0 saturated carbocycles. The first kappa shape index (κ1) is 12.4. The molecular weight excluding hydrogens is 204 g/mol. The highest BCUT2D eigenvalue weighted by molar-refractivity contribution is 5.92. The number of nitrogens with zero attached hydrogens (tertiary/aromatic N) is 3. The minimum absolute atomic E-state index is 0.0486. The SMILES string of the molecule is CC/C=C(/C)C(=O)NCc1nncn1CC. The van der Waals surface area contributed by atoms with E-state index in [2.05, 4.69) is 15.5 Å². The Labute approximate surface area is 95.6 Å². The van der Waals surface area contributed by atoms with Crippen LogP contribution in [0.3, 0.4) is 0 Å². The Morgan fingerprint density at radius 3 is 2.94 bits per heavy atom. The van der Waals surface area contributed by atoms with Crippen LogP contribution in [0.1, 0.15) is 33.0 Å². The lowest BCUT2D eigenvalue weighted by molar-refractivity contribution is -0.117. The number of aryl methyl sites for hydroxylation is 1. The molecular formula is C11H18N4O. The van der Waals surface area contributed by atoms with Crippen molar-refractivity contribution in [2.75, 3.05) is 0 Å². The highest BCUT2D eigenvalue weighted by Crippen LogP contribution is 1.98. The van der Waals surface area contributed by atoms with E-state index in [4.69, 9.17) is 0 Å². The molecule has 88 valence electrons. The van der Waals surface area contributed by atoms with E-state index >= 15 is 0 Å². The van der Waals surface area contributed by atoms with Crippen LogP contribution < -0.4 is 5.32 Å². The quantitative estimate of drug-likeness (QED) is 0.763. The number of hydrogen-bond donors (Lipinski definition) is 1. The van der Waals surface area contributed by atoms with Gasteiger partial charge >= 0.3 is 0 Å². The van der Waals surface area contributed by atoms with Gasteiger partial charge < -0.3 is 9.88 Å². The molecule has 0 spiro atoms. The third-order valence-electron chi connectivity index (χ3n) is 2.31. The summed E-state index contributed by atoms with van der Waals surface area (Å²) in [5.41, 5.74) is 0.741. The van der Waals surface area contributed by atoms with Crippen LogP contribution in [-0.4, -0.2) is 20.7 Å². The number of hydrogen-bond acceptors (Lipinski definition) is 3. The van der Waals surface area contributed by atoms with Crippen LogP contribution in [0.15, 0.2) is 18.0 Å². The van der Waals surface area contributed by atoms with E-state index in [-0.39, 0.29) is 5.91 Å². The molecule has 0 saturated heterocycles. The molecule has 0 fully saturated rings. The predicted octanol–water partition coefficient (Wildman–Crippen LogP) is 1.27. The zero-order valence-corrected chi connectivity index (χ0v) is 10.0. The van der Waals surface area contributed by atoms with E-state index in [0.29, 0.717) is 6.54 Å². The van der Waals surface area contributed by atoms with Crippen molar-refractivity contribution in [1.82, 2.24) is 20.1 Å². The third-order valence-corrected chi connectivity index (χ3v) is 2.31. The largest absolute Gasteiger partial charge is 0.345 e. The summed E-state index contributed by atoms with van der Waals surface area (Å²) < 4.78 is 1.90. The van der Waals surface area contributed by atoms with Crippen LogP contribution in [0.25, 0.3) is 0 Å². The molecule has 0 bridgehead atoms. The fourth-order valence-corrected chi connectivity index (χ4v) is 1.38. The van der Waals surface area contributed by atoms with Crippen molar-refractivity contribution in [3.63, 3.8) is 0 Å². The molecule has 0 aliphatic heterocycles. The summed E-state index contributed by atoms with van der Waals surface area (Å²) in [6.45, 7) is 7.05. The maximum absolute atomic E-state index is 11.6. The van der Waals surface area contributed by atoms with Crippen LogP contribution in [0.2, 0.25) is 0 Å². The molecule has 5 heteroatoms. The van der Waals surface area contributed by atoms with E-state index in [1.54, 1.807) is 6.33 Å². The third kappa shape index (κ3) is 3.18. The summed E-state index contributed by atoms with van der Waals surface area (Å²) in [5, 5.41) is 10.6.